The highest BCUT2D eigenvalue weighted by Crippen LogP contribution is 1.97. The lowest BCUT2D eigenvalue weighted by Crippen LogP contribution is -2.43. The summed E-state index contributed by atoms with van der Waals surface area (Å²) < 4.78 is 4.48. The Kier molecular flexibility index (Phi) is 7.50. The van der Waals surface area contributed by atoms with E-state index in [0.717, 1.165) is 0 Å². The normalized spacial score (nSPS) is 11.5. The Bertz CT molecular complexity index is 306. The quantitative estimate of drug-likeness (QED) is 0.648. The smallest absolute Gasteiger partial charge is 0.317 e. The zero-order chi connectivity index (χ0) is 14.1. The molecule has 2 amide bonds. The van der Waals surface area contributed by atoms with Crippen LogP contribution in [0.1, 0.15) is 26.2 Å². The zero-order valence-corrected chi connectivity index (χ0v) is 10.9. The Labute approximate surface area is 106 Å². The topological polar surface area (TPSA) is 95.9 Å². The van der Waals surface area contributed by atoms with E-state index in [-0.39, 0.29) is 24.8 Å². The van der Waals surface area contributed by atoms with Crippen molar-refractivity contribution in [3.63, 3.8) is 0 Å². The molecule has 0 aromatic heterocycles. The van der Waals surface area contributed by atoms with E-state index >= 15 is 0 Å². The monoisotopic (exact) mass is 260 g/mol. The average Bonchev–Trinajstić information content (AvgIpc) is 2.27. The summed E-state index contributed by atoms with van der Waals surface area (Å²) in [4.78, 5) is 34.3. The number of carbonyl (C=O) groups excluding carboxylic acids is 2. The average molecular weight is 260 g/mol. The fourth-order valence-corrected chi connectivity index (χ4v) is 1.30. The largest absolute Gasteiger partial charge is 0.481 e. The molecule has 18 heavy (non-hydrogen) atoms. The summed E-state index contributed by atoms with van der Waals surface area (Å²) in [7, 11) is 2.90. The van der Waals surface area contributed by atoms with Crippen LogP contribution in [0.15, 0.2) is 0 Å². The molecule has 0 aromatic carbocycles. The molecule has 1 atom stereocenters. The number of nitrogens with zero attached hydrogens (tertiary/aromatic N) is 1. The van der Waals surface area contributed by atoms with Crippen LogP contribution in [0.3, 0.4) is 0 Å². The molecule has 2 N–H and O–H groups in total. The second-order valence-corrected chi connectivity index (χ2v) is 4.05. The third kappa shape index (κ3) is 7.48. The van der Waals surface area contributed by atoms with Gasteiger partial charge in [-0.05, 0) is 13.3 Å². The van der Waals surface area contributed by atoms with E-state index in [9.17, 15) is 14.4 Å². The number of rotatable bonds is 7. The highest BCUT2D eigenvalue weighted by molar-refractivity contribution is 5.75. The molecule has 0 bridgehead atoms. The van der Waals surface area contributed by atoms with Gasteiger partial charge in [-0.25, -0.2) is 4.79 Å². The number of nitrogens with one attached hydrogen (secondary N) is 1. The summed E-state index contributed by atoms with van der Waals surface area (Å²) in [6.07, 6.45) is 0.629. The van der Waals surface area contributed by atoms with Crippen LogP contribution in [-0.2, 0) is 14.3 Å². The molecule has 0 aromatic rings. The first-order valence-electron chi connectivity index (χ1n) is 5.67. The first-order valence-corrected chi connectivity index (χ1v) is 5.67. The molecule has 7 heteroatoms. The van der Waals surface area contributed by atoms with Crippen molar-refractivity contribution in [2.24, 2.45) is 0 Å². The zero-order valence-electron chi connectivity index (χ0n) is 10.9. The molecule has 0 aliphatic rings. The van der Waals surface area contributed by atoms with E-state index in [1.807, 2.05) is 0 Å². The molecule has 0 rings (SSSR count). The molecule has 104 valence electrons. The van der Waals surface area contributed by atoms with Crippen molar-refractivity contribution in [1.29, 1.82) is 0 Å². The summed E-state index contributed by atoms with van der Waals surface area (Å²) in [5, 5.41) is 11.1. The molecule has 0 radical (unpaired) electrons. The second-order valence-electron chi connectivity index (χ2n) is 4.05. The second kappa shape index (κ2) is 8.32. The first-order chi connectivity index (χ1) is 8.36. The minimum atomic E-state index is -0.962. The molecule has 0 spiro atoms. The van der Waals surface area contributed by atoms with Gasteiger partial charge in [-0.3, -0.25) is 9.59 Å². The summed E-state index contributed by atoms with van der Waals surface area (Å²) in [6, 6.07) is -0.785. The lowest BCUT2D eigenvalue weighted by Gasteiger charge is -2.20. The van der Waals surface area contributed by atoms with Gasteiger partial charge >= 0.3 is 18.0 Å². The third-order valence-electron chi connectivity index (χ3n) is 2.30. The van der Waals surface area contributed by atoms with Gasteiger partial charge in [0.1, 0.15) is 0 Å². The van der Waals surface area contributed by atoms with E-state index in [2.05, 4.69) is 10.1 Å². The van der Waals surface area contributed by atoms with Gasteiger partial charge in [-0.1, -0.05) is 0 Å². The molecular formula is C11H20N2O5. The van der Waals surface area contributed by atoms with Gasteiger partial charge in [0.05, 0.1) is 13.5 Å². The van der Waals surface area contributed by atoms with Gasteiger partial charge in [0.15, 0.2) is 0 Å². The molecular weight excluding hydrogens is 240 g/mol. The van der Waals surface area contributed by atoms with Gasteiger partial charge in [-0.2, -0.15) is 0 Å². The van der Waals surface area contributed by atoms with Gasteiger partial charge in [0.2, 0.25) is 0 Å². The maximum atomic E-state index is 11.6. The fourth-order valence-electron chi connectivity index (χ4n) is 1.30. The highest BCUT2D eigenvalue weighted by atomic mass is 16.5. The third-order valence-corrected chi connectivity index (χ3v) is 2.30. The summed E-state index contributed by atoms with van der Waals surface area (Å²) in [5.41, 5.74) is 0. The van der Waals surface area contributed by atoms with Gasteiger partial charge in [0.25, 0.3) is 0 Å². The summed E-state index contributed by atoms with van der Waals surface area (Å²) in [5.74, 6) is -1.28. The minimum Gasteiger partial charge on any atom is -0.481 e. The number of aliphatic carboxylic acids is 1. The van der Waals surface area contributed by atoms with Crippen molar-refractivity contribution >= 4 is 18.0 Å². The Morgan fingerprint density at radius 1 is 1.39 bits per heavy atom. The number of carboxylic acid groups (broad SMARTS) is 1. The minimum absolute atomic E-state index is 0.123. The molecule has 0 saturated heterocycles. The van der Waals surface area contributed by atoms with E-state index in [1.54, 1.807) is 14.0 Å². The summed E-state index contributed by atoms with van der Waals surface area (Å²) >= 11 is 0. The van der Waals surface area contributed by atoms with Crippen LogP contribution in [0.5, 0.6) is 0 Å². The lowest BCUT2D eigenvalue weighted by atomic mass is 10.2. The van der Waals surface area contributed by atoms with E-state index in [1.165, 1.54) is 12.0 Å². The maximum Gasteiger partial charge on any atom is 0.317 e. The Morgan fingerprint density at radius 3 is 2.50 bits per heavy atom. The lowest BCUT2D eigenvalue weighted by molar-refractivity contribution is -0.141. The number of carboxylic acids is 1. The molecule has 7 nitrogen and oxygen atoms in total. The number of urea groups is 1. The standard InChI is InChI=1S/C11H20N2O5/c1-8(7-9(14)15)12-11(17)13(2)6-4-5-10(16)18-3/h8H,4-7H2,1-3H3,(H,12,17)(H,14,15). The first kappa shape index (κ1) is 16.2. The van der Waals surface area contributed by atoms with E-state index < -0.39 is 12.0 Å². The fraction of sp³-hybridized carbons (Fsp3) is 0.727. The Hall–Kier alpha value is -1.79. The predicted octanol–water partition coefficient (Wildman–Crippen LogP) is 0.444. The molecule has 0 aliphatic carbocycles. The van der Waals surface area contributed by atoms with Gasteiger partial charge in [-0.15, -0.1) is 0 Å². The molecule has 0 heterocycles. The van der Waals surface area contributed by atoms with Crippen molar-refractivity contribution in [2.75, 3.05) is 20.7 Å². The van der Waals surface area contributed by atoms with Crippen LogP contribution >= 0.6 is 0 Å². The van der Waals surface area contributed by atoms with Crippen molar-refractivity contribution in [3.8, 4) is 0 Å². The number of hydrogen-bond acceptors (Lipinski definition) is 4. The maximum absolute atomic E-state index is 11.6. The highest BCUT2D eigenvalue weighted by Gasteiger charge is 2.14. The van der Waals surface area contributed by atoms with Crippen LogP contribution in [0.2, 0.25) is 0 Å². The molecule has 1 unspecified atom stereocenters. The predicted molar refractivity (Wildman–Crippen MR) is 64.1 cm³/mol. The number of amides is 2. The molecule has 0 saturated carbocycles. The van der Waals surface area contributed by atoms with E-state index in [0.29, 0.717) is 13.0 Å². The number of methoxy groups -OCH3 is 1. The van der Waals surface area contributed by atoms with Crippen LogP contribution < -0.4 is 5.32 Å². The number of esters is 1. The van der Waals surface area contributed by atoms with Gasteiger partial charge in [0, 0.05) is 26.1 Å². The van der Waals surface area contributed by atoms with Gasteiger partial charge < -0.3 is 20.1 Å². The molecule has 0 fully saturated rings. The van der Waals surface area contributed by atoms with E-state index in [4.69, 9.17) is 5.11 Å². The Morgan fingerprint density at radius 2 is 2.00 bits per heavy atom. The molecule has 0 aliphatic heterocycles. The van der Waals surface area contributed by atoms with Crippen molar-refractivity contribution in [2.45, 2.75) is 32.2 Å². The Balaban J connectivity index is 3.88. The number of carbonyl (C=O) groups is 3. The van der Waals surface area contributed by atoms with Crippen LogP contribution in [0, 0.1) is 0 Å². The van der Waals surface area contributed by atoms with Crippen molar-refractivity contribution in [3.05, 3.63) is 0 Å². The SMILES string of the molecule is COC(=O)CCCN(C)C(=O)NC(C)CC(=O)O. The van der Waals surface area contributed by atoms with Crippen molar-refractivity contribution < 1.29 is 24.2 Å². The number of ether oxygens (including phenoxy) is 1. The van der Waals surface area contributed by atoms with Crippen LogP contribution in [0.25, 0.3) is 0 Å². The van der Waals surface area contributed by atoms with Crippen LogP contribution in [0.4, 0.5) is 4.79 Å². The summed E-state index contributed by atoms with van der Waals surface area (Å²) in [6.45, 7) is 2.02. The van der Waals surface area contributed by atoms with Crippen LogP contribution in [-0.4, -0.2) is 54.7 Å². The number of hydrogen-bond donors (Lipinski definition) is 2. The van der Waals surface area contributed by atoms with Crippen molar-refractivity contribution in [1.82, 2.24) is 10.2 Å².